The highest BCUT2D eigenvalue weighted by molar-refractivity contribution is 8.00. The van der Waals surface area contributed by atoms with Crippen molar-refractivity contribution in [2.45, 2.75) is 30.8 Å². The van der Waals surface area contributed by atoms with Crippen molar-refractivity contribution >= 4 is 35.7 Å². The van der Waals surface area contributed by atoms with E-state index in [9.17, 15) is 19.2 Å². The minimum Gasteiger partial charge on any atom is -0.468 e. The molecule has 2 amide bonds. The Morgan fingerprint density at radius 1 is 1.48 bits per heavy atom. The Kier molecular flexibility index (Phi) is 6.13. The van der Waals surface area contributed by atoms with E-state index in [0.29, 0.717) is 11.3 Å². The number of nitrogens with zero attached hydrogens (tertiary/aromatic N) is 1. The molecule has 1 aromatic rings. The van der Waals surface area contributed by atoms with Crippen molar-refractivity contribution in [3.05, 3.63) is 35.6 Å². The number of ether oxygens (including phenoxy) is 2. The van der Waals surface area contributed by atoms with Gasteiger partial charge >= 0.3 is 12.1 Å². The number of hydrogen-bond acceptors (Lipinski definition) is 9. The molecule has 0 aromatic carbocycles. The van der Waals surface area contributed by atoms with Gasteiger partial charge in [0.2, 0.25) is 11.8 Å². The molecule has 1 saturated heterocycles. The second kappa shape index (κ2) is 8.57. The van der Waals surface area contributed by atoms with Crippen molar-refractivity contribution in [1.82, 2.24) is 10.2 Å². The molecule has 2 aliphatic rings. The number of nitrogens with two attached hydrogens (primary N) is 1. The molecule has 2 aliphatic heterocycles. The van der Waals surface area contributed by atoms with Crippen molar-refractivity contribution in [2.24, 2.45) is 5.73 Å². The quantitative estimate of drug-likeness (QED) is 0.415. The second-order valence-corrected chi connectivity index (χ2v) is 7.44. The van der Waals surface area contributed by atoms with Gasteiger partial charge in [-0.15, -0.1) is 11.8 Å². The van der Waals surface area contributed by atoms with Gasteiger partial charge in [-0.25, -0.2) is 4.79 Å². The van der Waals surface area contributed by atoms with E-state index in [-0.39, 0.29) is 24.7 Å². The van der Waals surface area contributed by atoms with Crippen LogP contribution < -0.4 is 11.1 Å². The average molecular weight is 425 g/mol. The van der Waals surface area contributed by atoms with Crippen LogP contribution in [0.4, 0.5) is 4.79 Å². The highest BCUT2D eigenvalue weighted by Gasteiger charge is 2.54. The number of β-lactam (4-membered cyclic amide) rings is 1. The Bertz CT molecular complexity index is 853. The second-order valence-electron chi connectivity index (χ2n) is 6.34. The molecule has 1 fully saturated rings. The van der Waals surface area contributed by atoms with Gasteiger partial charge in [0.1, 0.15) is 23.8 Å². The molecule has 29 heavy (non-hydrogen) atoms. The number of carbonyl (C=O) groups excluding carboxylic acids is 3. The van der Waals surface area contributed by atoms with Gasteiger partial charge < -0.3 is 30.0 Å². The highest BCUT2D eigenvalue weighted by atomic mass is 32.2. The largest absolute Gasteiger partial charge is 0.512 e. The Morgan fingerprint density at radius 3 is 2.86 bits per heavy atom. The summed E-state index contributed by atoms with van der Waals surface area (Å²) in [7, 11) is 0. The zero-order chi connectivity index (χ0) is 21.1. The number of hydrogen-bond donors (Lipinski definition) is 3. The number of nitrogens with one attached hydrogen (secondary N) is 1. The Hall–Kier alpha value is -2.99. The van der Waals surface area contributed by atoms with Crippen LogP contribution in [0, 0.1) is 0 Å². The molecule has 0 radical (unpaired) electrons. The van der Waals surface area contributed by atoms with Crippen LogP contribution in [0.1, 0.15) is 25.1 Å². The summed E-state index contributed by atoms with van der Waals surface area (Å²) in [5, 5.41) is 11.0. The number of thioether (sulfide) groups is 1. The molecule has 0 spiro atoms. The lowest BCUT2D eigenvalue weighted by molar-refractivity contribution is -0.149. The molecule has 4 N–H and O–H groups in total. The summed E-state index contributed by atoms with van der Waals surface area (Å²) in [6, 6.07) is 1.80. The van der Waals surface area contributed by atoms with Crippen molar-refractivity contribution in [3.8, 4) is 0 Å². The molecule has 3 heterocycles. The monoisotopic (exact) mass is 425 g/mol. The molecule has 11 nitrogen and oxygen atoms in total. The molecule has 156 valence electrons. The number of furan rings is 1. The van der Waals surface area contributed by atoms with E-state index in [2.05, 4.69) is 5.32 Å². The van der Waals surface area contributed by atoms with E-state index in [4.69, 9.17) is 24.7 Å². The molecule has 1 aromatic heterocycles. The lowest BCUT2D eigenvalue weighted by atomic mass is 10.0. The van der Waals surface area contributed by atoms with E-state index in [1.165, 1.54) is 24.9 Å². The first-order valence-corrected chi connectivity index (χ1v) is 9.62. The first kappa shape index (κ1) is 20.7. The number of carbonyl (C=O) groups is 4. The third-order valence-corrected chi connectivity index (χ3v) is 5.60. The van der Waals surface area contributed by atoms with Crippen molar-refractivity contribution in [2.75, 3.05) is 12.4 Å². The SMILES string of the molecule is CC(=O)OCC1=C(OC(=O)O)N2C(=O)C(NC(=O)CC(N)c3ccco3)[C@@H]2SC1. The van der Waals surface area contributed by atoms with Crippen LogP contribution in [0.2, 0.25) is 0 Å². The van der Waals surface area contributed by atoms with Crippen LogP contribution in [0.25, 0.3) is 0 Å². The Balaban J connectivity index is 1.66. The standard InChI is InChI=1S/C17H19N3O8S/c1-8(21)27-6-9-7-29-16-13(14(23)20(16)15(9)28-17(24)25)19-12(22)5-10(18)11-3-2-4-26-11/h2-4,10,13,16H,5-7,18H2,1H3,(H,19,22)(H,24,25)/t10?,13?,16-/m0/s1. The van der Waals surface area contributed by atoms with Crippen molar-refractivity contribution < 1.29 is 38.2 Å². The van der Waals surface area contributed by atoms with E-state index in [0.717, 1.165) is 4.90 Å². The summed E-state index contributed by atoms with van der Waals surface area (Å²) in [4.78, 5) is 48.0. The van der Waals surface area contributed by atoms with Gasteiger partial charge in [-0.05, 0) is 12.1 Å². The lowest BCUT2D eigenvalue weighted by Gasteiger charge is -2.49. The number of amides is 2. The molecule has 12 heteroatoms. The van der Waals surface area contributed by atoms with Crippen LogP contribution in [-0.4, -0.2) is 57.7 Å². The number of fused-ring (bicyclic) bond motifs is 1. The maximum Gasteiger partial charge on any atom is 0.512 e. The van der Waals surface area contributed by atoms with Gasteiger partial charge in [0, 0.05) is 24.7 Å². The molecule has 0 aliphatic carbocycles. The molecule has 3 atom stereocenters. The summed E-state index contributed by atoms with van der Waals surface area (Å²) in [6.07, 6.45) is -0.237. The van der Waals surface area contributed by atoms with Crippen LogP contribution in [0.15, 0.2) is 34.3 Å². The van der Waals surface area contributed by atoms with Crippen LogP contribution in [0.5, 0.6) is 0 Å². The van der Waals surface area contributed by atoms with E-state index >= 15 is 0 Å². The first-order valence-electron chi connectivity index (χ1n) is 8.57. The smallest absolute Gasteiger partial charge is 0.468 e. The van der Waals surface area contributed by atoms with Crippen molar-refractivity contribution in [1.29, 1.82) is 0 Å². The maximum absolute atomic E-state index is 12.6. The third kappa shape index (κ3) is 4.54. The van der Waals surface area contributed by atoms with Gasteiger partial charge in [-0.2, -0.15) is 0 Å². The minimum absolute atomic E-state index is 0.0826. The zero-order valence-electron chi connectivity index (χ0n) is 15.3. The minimum atomic E-state index is -1.60. The van der Waals surface area contributed by atoms with E-state index in [1.807, 2.05) is 0 Å². The highest BCUT2D eigenvalue weighted by Crippen LogP contribution is 2.40. The normalized spacial score (nSPS) is 21.7. The predicted octanol–water partition coefficient (Wildman–Crippen LogP) is 0.539. The van der Waals surface area contributed by atoms with Gasteiger partial charge in [-0.1, -0.05) is 0 Å². The summed E-state index contributed by atoms with van der Waals surface area (Å²) >= 11 is 1.29. The first-order chi connectivity index (χ1) is 13.8. The zero-order valence-corrected chi connectivity index (χ0v) is 16.1. The fourth-order valence-electron chi connectivity index (χ4n) is 2.93. The molecular weight excluding hydrogens is 406 g/mol. The Morgan fingerprint density at radius 2 is 2.24 bits per heavy atom. The summed E-state index contributed by atoms with van der Waals surface area (Å²) in [6.45, 7) is 1.02. The summed E-state index contributed by atoms with van der Waals surface area (Å²) in [5.74, 6) is -0.995. The number of esters is 1. The average Bonchev–Trinajstić information content (AvgIpc) is 3.19. The fraction of sp³-hybridized carbons (Fsp3) is 0.412. The predicted molar refractivity (Wildman–Crippen MR) is 98.0 cm³/mol. The molecular formula is C17H19N3O8S. The van der Waals surface area contributed by atoms with E-state index < -0.39 is 41.4 Å². The van der Waals surface area contributed by atoms with Gasteiger partial charge in [0.05, 0.1) is 12.3 Å². The van der Waals surface area contributed by atoms with Crippen LogP contribution in [-0.2, 0) is 23.9 Å². The maximum atomic E-state index is 12.6. The summed E-state index contributed by atoms with van der Waals surface area (Å²) < 4.78 is 14.8. The number of carboxylic acid groups (broad SMARTS) is 1. The molecule has 3 rings (SSSR count). The topological polar surface area (TPSA) is 161 Å². The number of rotatable bonds is 7. The fourth-order valence-corrected chi connectivity index (χ4v) is 4.24. The van der Waals surface area contributed by atoms with Gasteiger partial charge in [0.25, 0.3) is 5.91 Å². The Labute approximate surface area is 169 Å². The van der Waals surface area contributed by atoms with Gasteiger partial charge in [-0.3, -0.25) is 19.3 Å². The summed E-state index contributed by atoms with van der Waals surface area (Å²) in [5.41, 5.74) is 6.25. The van der Waals surface area contributed by atoms with Crippen molar-refractivity contribution in [3.63, 3.8) is 0 Å². The molecule has 0 saturated carbocycles. The van der Waals surface area contributed by atoms with Crippen LogP contribution in [0.3, 0.4) is 0 Å². The molecule has 0 bridgehead atoms. The van der Waals surface area contributed by atoms with Gasteiger partial charge in [0.15, 0.2) is 0 Å². The van der Waals surface area contributed by atoms with Crippen LogP contribution >= 0.6 is 11.8 Å². The molecule has 2 unspecified atom stereocenters. The third-order valence-electron chi connectivity index (χ3n) is 4.26. The lowest BCUT2D eigenvalue weighted by Crippen LogP contribution is -2.70. The van der Waals surface area contributed by atoms with E-state index in [1.54, 1.807) is 12.1 Å².